The minimum atomic E-state index is -4.81. The zero-order chi connectivity index (χ0) is 27.9. The van der Waals surface area contributed by atoms with Crippen molar-refractivity contribution in [3.8, 4) is 22.1 Å². The van der Waals surface area contributed by atoms with Crippen molar-refractivity contribution in [2.75, 3.05) is 5.32 Å². The third-order valence-corrected chi connectivity index (χ3v) is 7.06. The number of rotatable bonds is 6. The Morgan fingerprint density at radius 1 is 1.13 bits per heavy atom. The van der Waals surface area contributed by atoms with Crippen molar-refractivity contribution >= 4 is 61.8 Å². The molecule has 0 atom stereocenters. The van der Waals surface area contributed by atoms with Crippen LogP contribution >= 0.6 is 38.9 Å². The molecule has 0 aliphatic carbocycles. The first-order valence-electron chi connectivity index (χ1n) is 10.7. The van der Waals surface area contributed by atoms with Crippen LogP contribution in [0.2, 0.25) is 5.02 Å². The van der Waals surface area contributed by atoms with Crippen LogP contribution in [0.25, 0.3) is 16.2 Å². The predicted octanol–water partition coefficient (Wildman–Crippen LogP) is 7.85. The van der Waals surface area contributed by atoms with Gasteiger partial charge in [0.1, 0.15) is 11.5 Å². The average molecular weight is 639 g/mol. The molecular weight excluding hydrogens is 627 g/mol. The fourth-order valence-corrected chi connectivity index (χ4v) is 4.95. The number of thiophene rings is 1. The van der Waals surface area contributed by atoms with Crippen LogP contribution in [-0.2, 0) is 6.18 Å². The van der Waals surface area contributed by atoms with Gasteiger partial charge in [-0.05, 0) is 51.6 Å². The molecule has 0 spiro atoms. The van der Waals surface area contributed by atoms with Gasteiger partial charge >= 0.3 is 6.18 Å². The van der Waals surface area contributed by atoms with Crippen molar-refractivity contribution in [1.82, 2.24) is 14.6 Å². The van der Waals surface area contributed by atoms with Crippen LogP contribution in [0.4, 0.5) is 24.5 Å². The van der Waals surface area contributed by atoms with E-state index in [2.05, 4.69) is 31.3 Å². The van der Waals surface area contributed by atoms with Crippen molar-refractivity contribution in [3.05, 3.63) is 97.0 Å². The van der Waals surface area contributed by atoms with E-state index < -0.39 is 34.1 Å². The number of carbonyl (C=O) groups is 1. The summed E-state index contributed by atoms with van der Waals surface area (Å²) in [5.74, 6) is -0.638. The van der Waals surface area contributed by atoms with Gasteiger partial charge in [-0.25, -0.2) is 9.50 Å². The van der Waals surface area contributed by atoms with Gasteiger partial charge < -0.3 is 10.1 Å². The molecule has 0 fully saturated rings. The van der Waals surface area contributed by atoms with Crippen molar-refractivity contribution < 1.29 is 27.6 Å². The minimum Gasteiger partial charge on any atom is -0.457 e. The maximum absolute atomic E-state index is 13.9. The van der Waals surface area contributed by atoms with Crippen LogP contribution in [-0.4, -0.2) is 25.4 Å². The van der Waals surface area contributed by atoms with E-state index in [0.717, 1.165) is 18.2 Å². The second kappa shape index (κ2) is 10.3. The number of hydrogen-bond acceptors (Lipinski definition) is 7. The molecule has 0 radical (unpaired) electrons. The molecule has 9 nitrogen and oxygen atoms in total. The van der Waals surface area contributed by atoms with Gasteiger partial charge in [-0.15, -0.1) is 11.3 Å². The first kappa shape index (κ1) is 26.6. The Balaban J connectivity index is 1.53. The first-order chi connectivity index (χ1) is 18.5. The van der Waals surface area contributed by atoms with E-state index >= 15 is 0 Å². The lowest BCUT2D eigenvalue weighted by molar-refractivity contribution is -0.384. The number of anilines is 1. The van der Waals surface area contributed by atoms with Crippen LogP contribution in [0, 0.1) is 10.1 Å². The first-order valence-corrected chi connectivity index (χ1v) is 12.8. The summed E-state index contributed by atoms with van der Waals surface area (Å²) in [6, 6.07) is 14.0. The summed E-state index contributed by atoms with van der Waals surface area (Å²) in [6.45, 7) is 0. The van der Waals surface area contributed by atoms with E-state index in [-0.39, 0.29) is 33.0 Å². The highest BCUT2D eigenvalue weighted by Crippen LogP contribution is 2.36. The summed E-state index contributed by atoms with van der Waals surface area (Å²) >= 11 is 10.3. The minimum absolute atomic E-state index is 0.0115. The number of nitrogens with one attached hydrogen (secondary N) is 1. The topological polar surface area (TPSA) is 112 Å². The van der Waals surface area contributed by atoms with E-state index in [9.17, 15) is 28.1 Å². The second-order valence-corrected chi connectivity index (χ2v) is 10.1. The molecule has 0 unspecified atom stereocenters. The molecule has 15 heteroatoms. The fraction of sp³-hybridized carbons (Fsp3) is 0.0417. The van der Waals surface area contributed by atoms with Gasteiger partial charge in [0.2, 0.25) is 0 Å². The van der Waals surface area contributed by atoms with Gasteiger partial charge in [-0.2, -0.15) is 18.3 Å². The molecule has 0 saturated carbocycles. The van der Waals surface area contributed by atoms with Crippen molar-refractivity contribution in [2.24, 2.45) is 0 Å². The zero-order valence-electron chi connectivity index (χ0n) is 19.1. The van der Waals surface area contributed by atoms with Crippen molar-refractivity contribution in [3.63, 3.8) is 0 Å². The number of nitro groups is 1. The number of nitrogens with zero attached hydrogens (tertiary/aromatic N) is 4. The summed E-state index contributed by atoms with van der Waals surface area (Å²) < 4.78 is 47.8. The van der Waals surface area contributed by atoms with Crippen molar-refractivity contribution in [1.29, 1.82) is 0 Å². The number of nitro benzene ring substituents is 1. The Labute approximate surface area is 234 Å². The second-order valence-electron chi connectivity index (χ2n) is 7.89. The maximum Gasteiger partial charge on any atom is 0.433 e. The Bertz CT molecular complexity index is 1740. The molecule has 3 aromatic heterocycles. The van der Waals surface area contributed by atoms with Crippen LogP contribution in [0.15, 0.2) is 70.5 Å². The Morgan fingerprint density at radius 3 is 2.59 bits per heavy atom. The molecule has 198 valence electrons. The van der Waals surface area contributed by atoms with Crippen molar-refractivity contribution in [2.45, 2.75) is 6.18 Å². The summed E-state index contributed by atoms with van der Waals surface area (Å²) in [7, 11) is 0. The van der Waals surface area contributed by atoms with Gasteiger partial charge in [-0.3, -0.25) is 14.9 Å². The number of amides is 1. The number of alkyl halides is 3. The van der Waals surface area contributed by atoms with Gasteiger partial charge in [-0.1, -0.05) is 23.7 Å². The highest BCUT2D eigenvalue weighted by molar-refractivity contribution is 9.10. The van der Waals surface area contributed by atoms with E-state index in [0.29, 0.717) is 14.4 Å². The highest BCUT2D eigenvalue weighted by atomic mass is 79.9. The number of halogens is 5. The number of hydrogen-bond donors (Lipinski definition) is 1. The van der Waals surface area contributed by atoms with Gasteiger partial charge in [0.25, 0.3) is 11.6 Å². The molecule has 1 amide bonds. The monoisotopic (exact) mass is 637 g/mol. The van der Waals surface area contributed by atoms with E-state index in [4.69, 9.17) is 16.3 Å². The SMILES string of the molecule is O=C(Nc1cc(Oc2cccc(Cl)c2)cc([N+](=O)[O-])c1)c1nn2c(C(F)(F)F)cc(-c3cccs3)nc2c1Br. The standard InChI is InChI=1S/C24H12BrClF3N5O4S/c25-20-21(32-33-19(24(27,28)29)11-17(31-22(20)33)18-5-2-6-39-18)23(35)30-13-8-14(34(36)37)10-16(9-13)38-15-4-1-3-12(26)7-15/h1-11H,(H,30,35). The molecule has 5 rings (SSSR count). The van der Waals surface area contributed by atoms with Crippen LogP contribution in [0.1, 0.15) is 16.2 Å². The molecular formula is C24H12BrClF3N5O4S. The van der Waals surface area contributed by atoms with Crippen LogP contribution < -0.4 is 10.1 Å². The zero-order valence-corrected chi connectivity index (χ0v) is 22.2. The molecule has 5 aromatic rings. The lowest BCUT2D eigenvalue weighted by atomic mass is 10.2. The fourth-order valence-electron chi connectivity index (χ4n) is 3.57. The number of aromatic nitrogens is 3. The normalized spacial score (nSPS) is 11.5. The van der Waals surface area contributed by atoms with Crippen LogP contribution in [0.3, 0.4) is 0 Å². The largest absolute Gasteiger partial charge is 0.457 e. The number of fused-ring (bicyclic) bond motifs is 1. The maximum atomic E-state index is 13.9. The highest BCUT2D eigenvalue weighted by Gasteiger charge is 2.36. The molecule has 0 saturated heterocycles. The number of non-ortho nitro benzene ring substituents is 1. The number of carbonyl (C=O) groups excluding carboxylic acids is 1. The molecule has 3 heterocycles. The molecule has 0 bridgehead atoms. The lowest BCUT2D eigenvalue weighted by Crippen LogP contribution is -2.16. The predicted molar refractivity (Wildman–Crippen MR) is 142 cm³/mol. The van der Waals surface area contributed by atoms with Gasteiger partial charge in [0.15, 0.2) is 17.0 Å². The third-order valence-electron chi connectivity index (χ3n) is 5.20. The van der Waals surface area contributed by atoms with E-state index in [1.165, 1.54) is 23.5 Å². The smallest absolute Gasteiger partial charge is 0.433 e. The Morgan fingerprint density at radius 2 is 1.92 bits per heavy atom. The lowest BCUT2D eigenvalue weighted by Gasteiger charge is -2.10. The Hall–Kier alpha value is -4.01. The number of benzene rings is 2. The van der Waals surface area contributed by atoms with E-state index in [1.54, 1.807) is 35.7 Å². The summed E-state index contributed by atoms with van der Waals surface area (Å²) in [5, 5.41) is 19.8. The van der Waals surface area contributed by atoms with Gasteiger partial charge in [0.05, 0.1) is 31.7 Å². The number of ether oxygens (including phenoxy) is 1. The average Bonchev–Trinajstić information content (AvgIpc) is 3.51. The summed E-state index contributed by atoms with van der Waals surface area (Å²) in [5.41, 5.74) is -2.19. The van der Waals surface area contributed by atoms with E-state index in [1.807, 2.05) is 0 Å². The molecule has 0 aliphatic heterocycles. The van der Waals surface area contributed by atoms with Gasteiger partial charge in [0, 0.05) is 17.2 Å². The molecule has 2 aromatic carbocycles. The molecule has 0 aliphatic rings. The quantitative estimate of drug-likeness (QED) is 0.150. The summed E-state index contributed by atoms with van der Waals surface area (Å²) in [4.78, 5) is 28.7. The summed E-state index contributed by atoms with van der Waals surface area (Å²) in [6.07, 6.45) is -4.81. The third kappa shape index (κ3) is 5.57. The van der Waals surface area contributed by atoms with Crippen LogP contribution in [0.5, 0.6) is 11.5 Å². The molecule has 1 N–H and O–H groups in total. The molecule has 39 heavy (non-hydrogen) atoms. The Kier molecular flexibility index (Phi) is 7.01.